The Hall–Kier alpha value is -5.56. The fraction of sp³-hybridized carbons (Fsp3) is 0.350. The van der Waals surface area contributed by atoms with Gasteiger partial charge in [0.25, 0.3) is 15.7 Å². The van der Waals surface area contributed by atoms with Crippen LogP contribution in [0, 0.1) is 10.1 Å². The van der Waals surface area contributed by atoms with Gasteiger partial charge in [-0.15, -0.1) is 0 Å². The summed E-state index contributed by atoms with van der Waals surface area (Å²) in [5, 5.41) is 14.7. The third-order valence-corrected chi connectivity index (χ3v) is 12.1. The zero-order chi connectivity index (χ0) is 44.7. The van der Waals surface area contributed by atoms with Crippen LogP contribution in [0.3, 0.4) is 0 Å². The number of rotatable bonds is 12. The molecule has 0 bridgehead atoms. The molecule has 324 valence electrons. The van der Waals surface area contributed by atoms with Gasteiger partial charge in [0.1, 0.15) is 36.4 Å². The zero-order valence-electron chi connectivity index (χ0n) is 33.1. The number of nitro benzene ring substituents is 1. The van der Waals surface area contributed by atoms with Gasteiger partial charge in [-0.3, -0.25) is 15.0 Å². The Morgan fingerprint density at radius 3 is 2.30 bits per heavy atom. The number of carbonyl (C=O) groups is 4. The van der Waals surface area contributed by atoms with Crippen LogP contribution in [-0.4, -0.2) is 94.9 Å². The number of benzene rings is 3. The number of alkyl halides is 3. The molecule has 3 heterocycles. The number of ether oxygens (including phenoxy) is 4. The van der Waals surface area contributed by atoms with Crippen LogP contribution in [0.2, 0.25) is 0 Å². The van der Waals surface area contributed by atoms with Gasteiger partial charge in [0.15, 0.2) is 6.17 Å². The zero-order valence-corrected chi connectivity index (χ0v) is 36.2. The van der Waals surface area contributed by atoms with Crippen LogP contribution in [0.15, 0.2) is 96.5 Å². The summed E-state index contributed by atoms with van der Waals surface area (Å²) in [5.74, 6) is -1.72. The van der Waals surface area contributed by atoms with E-state index in [0.29, 0.717) is 22.0 Å². The van der Waals surface area contributed by atoms with Crippen molar-refractivity contribution in [2.75, 3.05) is 24.6 Å². The molecular weight excluding hydrogens is 881 g/mol. The molecule has 21 heteroatoms. The van der Waals surface area contributed by atoms with E-state index in [2.05, 4.69) is 11.9 Å². The van der Waals surface area contributed by atoms with Crippen LogP contribution in [0.4, 0.5) is 21.0 Å². The summed E-state index contributed by atoms with van der Waals surface area (Å²) in [7, 11) is -3.69. The Labute approximate surface area is 365 Å². The van der Waals surface area contributed by atoms with Gasteiger partial charge in [-0.1, -0.05) is 83.9 Å². The molecular formula is C40H40Cl3N5O12S. The second kappa shape index (κ2) is 17.1. The molecule has 0 unspecified atom stereocenters. The SMILES string of the molecule is C=CCOC(=O)N[C@@H](Cc1cn([C@@]23C[C@H](C(=O)OC)N(C(=O)OCC(Cl)(Cl)Cl)[C@@H]2N(S(=O)(=O)c2ccc([N+](=O)[O-])cc2)c2ccccc23)c2ccccc12)C(=O)OC(C)(C)C. The molecule has 0 spiro atoms. The summed E-state index contributed by atoms with van der Waals surface area (Å²) in [4.78, 5) is 66.2. The van der Waals surface area contributed by atoms with Crippen LogP contribution in [0.25, 0.3) is 10.9 Å². The van der Waals surface area contributed by atoms with E-state index < -0.39 is 78.9 Å². The van der Waals surface area contributed by atoms with E-state index in [1.54, 1.807) is 74.0 Å². The number of sulfonamides is 1. The number of carbonyl (C=O) groups excluding carboxylic acids is 4. The lowest BCUT2D eigenvalue weighted by Gasteiger charge is -2.38. The fourth-order valence-electron chi connectivity index (χ4n) is 7.71. The van der Waals surface area contributed by atoms with Crippen LogP contribution in [-0.2, 0) is 50.5 Å². The van der Waals surface area contributed by atoms with Crippen LogP contribution < -0.4 is 9.62 Å². The lowest BCUT2D eigenvalue weighted by Crippen LogP contribution is -2.58. The van der Waals surface area contributed by atoms with E-state index in [4.69, 9.17) is 53.8 Å². The molecule has 2 aliphatic rings. The van der Waals surface area contributed by atoms with Crippen LogP contribution in [0.5, 0.6) is 0 Å². The molecule has 0 saturated carbocycles. The standard InChI is InChI=1S/C40H40Cl3N5O12S/c1-6-19-58-36(51)44-29(33(49)60-38(2,3)4)20-24-22-45(30-13-9-7-11-27(24)30)39-21-32(34(50)57-5)46(37(52)59-23-40(41,42)43)35(39)47(31-14-10-8-12-28(31)39)61(55,56)26-17-15-25(16-18-26)48(53)54/h6-18,22,29,32,35H,1,19-21,23H2,2-5H3,(H,44,51)/t29-,32+,35+,39+/m0/s1. The van der Waals surface area contributed by atoms with E-state index in [9.17, 15) is 29.3 Å². The van der Waals surface area contributed by atoms with E-state index in [1.165, 1.54) is 12.1 Å². The third kappa shape index (κ3) is 8.80. The second-order valence-electron chi connectivity index (χ2n) is 15.1. The number of halogens is 3. The molecule has 2 amide bonds. The summed E-state index contributed by atoms with van der Waals surface area (Å²) < 4.78 is 52.2. The van der Waals surface area contributed by atoms with Gasteiger partial charge in [-0.2, -0.15) is 0 Å². The summed E-state index contributed by atoms with van der Waals surface area (Å²) in [6.07, 6.45) is -1.31. The minimum atomic E-state index is -4.79. The van der Waals surface area contributed by atoms with Crippen molar-refractivity contribution in [1.29, 1.82) is 0 Å². The molecule has 0 radical (unpaired) electrons. The van der Waals surface area contributed by atoms with Crippen molar-refractivity contribution in [3.63, 3.8) is 0 Å². The van der Waals surface area contributed by atoms with Crippen molar-refractivity contribution in [3.8, 4) is 0 Å². The van der Waals surface area contributed by atoms with E-state index in [1.807, 2.05) is 0 Å². The number of para-hydroxylation sites is 2. The number of hydrogen-bond acceptors (Lipinski definition) is 12. The lowest BCUT2D eigenvalue weighted by atomic mass is 9.86. The maximum atomic E-state index is 15.1. The monoisotopic (exact) mass is 919 g/mol. The van der Waals surface area contributed by atoms with Gasteiger partial charge >= 0.3 is 24.1 Å². The molecule has 0 aliphatic carbocycles. The molecule has 4 aromatic rings. The third-order valence-electron chi connectivity index (χ3n) is 9.97. The average Bonchev–Trinajstić information content (AvgIpc) is 3.84. The lowest BCUT2D eigenvalue weighted by molar-refractivity contribution is -0.384. The van der Waals surface area contributed by atoms with Crippen LogP contribution >= 0.6 is 34.8 Å². The number of fused-ring (bicyclic) bond motifs is 4. The minimum absolute atomic E-state index is 0.0888. The summed E-state index contributed by atoms with van der Waals surface area (Å²) in [6.45, 7) is 7.60. The Morgan fingerprint density at radius 1 is 1.02 bits per heavy atom. The van der Waals surface area contributed by atoms with Gasteiger partial charge in [0.2, 0.25) is 3.79 Å². The first-order valence-electron chi connectivity index (χ1n) is 18.5. The number of non-ortho nitro benzene ring substituents is 1. The number of alkyl carbamates (subject to hydrolysis) is 1. The molecule has 4 atom stereocenters. The number of hydrogen-bond donors (Lipinski definition) is 1. The summed E-state index contributed by atoms with van der Waals surface area (Å²) >= 11 is 17.9. The number of nitrogens with one attached hydrogen (secondary N) is 1. The highest BCUT2D eigenvalue weighted by atomic mass is 35.6. The highest BCUT2D eigenvalue weighted by molar-refractivity contribution is 7.93. The molecule has 6 rings (SSSR count). The van der Waals surface area contributed by atoms with Crippen LogP contribution in [0.1, 0.15) is 38.3 Å². The molecule has 1 saturated heterocycles. The topological polar surface area (TPSA) is 206 Å². The van der Waals surface area contributed by atoms with Crippen molar-refractivity contribution < 1.29 is 51.5 Å². The highest BCUT2D eigenvalue weighted by Gasteiger charge is 2.68. The number of aromatic nitrogens is 1. The highest BCUT2D eigenvalue weighted by Crippen LogP contribution is 2.58. The smallest absolute Gasteiger partial charge is 0.412 e. The number of likely N-dealkylation sites (tertiary alicyclic amines) is 1. The molecule has 17 nitrogen and oxygen atoms in total. The Balaban J connectivity index is 1.62. The molecule has 3 aromatic carbocycles. The average molecular weight is 921 g/mol. The van der Waals surface area contributed by atoms with Gasteiger partial charge < -0.3 is 28.8 Å². The van der Waals surface area contributed by atoms with Crippen molar-refractivity contribution in [2.45, 2.75) is 71.7 Å². The van der Waals surface area contributed by atoms with Gasteiger partial charge in [0.05, 0.1) is 22.6 Å². The predicted molar refractivity (Wildman–Crippen MR) is 224 cm³/mol. The maximum absolute atomic E-state index is 15.1. The Morgan fingerprint density at radius 2 is 1.67 bits per heavy atom. The van der Waals surface area contributed by atoms with Gasteiger partial charge in [-0.05, 0) is 50.6 Å². The summed E-state index contributed by atoms with van der Waals surface area (Å²) in [5.41, 5.74) is -1.68. The van der Waals surface area contributed by atoms with E-state index in [-0.39, 0.29) is 35.7 Å². The molecule has 1 aromatic heterocycles. The minimum Gasteiger partial charge on any atom is -0.467 e. The quantitative estimate of drug-likeness (QED) is 0.0392. The molecule has 2 aliphatic heterocycles. The number of anilines is 1. The Kier molecular flexibility index (Phi) is 12.6. The van der Waals surface area contributed by atoms with Gasteiger partial charge in [0, 0.05) is 47.6 Å². The van der Waals surface area contributed by atoms with Crippen molar-refractivity contribution in [2.24, 2.45) is 0 Å². The number of nitrogens with zero attached hydrogens (tertiary/aromatic N) is 4. The first-order valence-corrected chi connectivity index (χ1v) is 21.1. The first kappa shape index (κ1) is 45.0. The van der Waals surface area contributed by atoms with Crippen molar-refractivity contribution >= 4 is 91.2 Å². The number of nitro groups is 1. The molecule has 1 N–H and O–H groups in total. The molecule has 1 fully saturated rings. The largest absolute Gasteiger partial charge is 0.467 e. The first-order chi connectivity index (χ1) is 28.6. The number of methoxy groups -OCH3 is 1. The normalized spacial score (nSPS) is 19.1. The maximum Gasteiger partial charge on any atom is 0.412 e. The van der Waals surface area contributed by atoms with Crippen molar-refractivity contribution in [1.82, 2.24) is 14.8 Å². The van der Waals surface area contributed by atoms with Gasteiger partial charge in [-0.25, -0.2) is 31.9 Å². The van der Waals surface area contributed by atoms with E-state index >= 15 is 8.42 Å². The second-order valence-corrected chi connectivity index (χ2v) is 19.4. The number of esters is 2. The van der Waals surface area contributed by atoms with Crippen molar-refractivity contribution in [3.05, 3.63) is 113 Å². The Bertz CT molecular complexity index is 2500. The number of amides is 2. The summed E-state index contributed by atoms with van der Waals surface area (Å²) in [6, 6.07) is 14.7. The molecule has 61 heavy (non-hydrogen) atoms. The fourth-order valence-corrected chi connectivity index (χ4v) is 9.54. The van der Waals surface area contributed by atoms with E-state index in [0.717, 1.165) is 40.6 Å². The predicted octanol–water partition coefficient (Wildman–Crippen LogP) is 6.75.